The lowest BCUT2D eigenvalue weighted by molar-refractivity contribution is -0.145. The molecule has 102 valence electrons. The van der Waals surface area contributed by atoms with Crippen LogP contribution in [0, 0.1) is 0 Å². The molecular weight excluding hydrogens is 242 g/mol. The normalized spacial score (nSPS) is 22.8. The van der Waals surface area contributed by atoms with E-state index in [-0.39, 0.29) is 6.04 Å². The van der Waals surface area contributed by atoms with E-state index in [4.69, 9.17) is 5.11 Å². The van der Waals surface area contributed by atoms with E-state index in [1.165, 1.54) is 10.5 Å². The number of hydrogen-bond acceptors (Lipinski definition) is 2. The molecule has 1 N–H and O–H groups in total. The number of rotatable bonds is 4. The zero-order valence-electron chi connectivity index (χ0n) is 11.2. The van der Waals surface area contributed by atoms with E-state index < -0.39 is 12.0 Å². The highest BCUT2D eigenvalue weighted by molar-refractivity contribution is 5.77. The van der Waals surface area contributed by atoms with Crippen LogP contribution >= 0.6 is 0 Å². The Morgan fingerprint density at radius 2 is 1.95 bits per heavy atom. The zero-order chi connectivity index (χ0) is 14.0. The Hall–Kier alpha value is -1.84. The highest BCUT2D eigenvalue weighted by Gasteiger charge is 2.37. The Balaban J connectivity index is 2.22. The summed E-state index contributed by atoms with van der Waals surface area (Å²) in [5.41, 5.74) is 2.26. The average Bonchev–Trinajstić information content (AvgIpc) is 2.82. The predicted octanol–water partition coefficient (Wildman–Crippen LogP) is 2.56. The van der Waals surface area contributed by atoms with Crippen molar-refractivity contribution in [3.63, 3.8) is 0 Å². The molecule has 0 bridgehead atoms. The molecular formula is C15H19NO3. The van der Waals surface area contributed by atoms with Gasteiger partial charge in [0.2, 0.25) is 6.41 Å². The maximum Gasteiger partial charge on any atom is 0.326 e. The minimum atomic E-state index is -0.923. The van der Waals surface area contributed by atoms with Crippen LogP contribution in [0.25, 0.3) is 0 Å². The molecule has 2 rings (SSSR count). The first-order valence-electron chi connectivity index (χ1n) is 6.60. The maximum absolute atomic E-state index is 11.1. The molecule has 1 heterocycles. The second kappa shape index (κ2) is 5.43. The molecule has 1 aliphatic heterocycles. The molecule has 0 aromatic heterocycles. The standard InChI is InChI=1S/C15H19NO3/c1-10(2)11-3-5-12(6-4-11)13-7-8-14(15(18)19)16(13)9-17/h3-6,9-10,13-14H,7-8H2,1-2H3,(H,18,19)/t13-,14+/m1/s1. The third-order valence-corrected chi connectivity index (χ3v) is 3.83. The number of carbonyl (C=O) groups excluding carboxylic acids is 1. The maximum atomic E-state index is 11.1. The van der Waals surface area contributed by atoms with Gasteiger partial charge in [-0.2, -0.15) is 0 Å². The van der Waals surface area contributed by atoms with Crippen LogP contribution in [-0.4, -0.2) is 28.4 Å². The number of hydrogen-bond donors (Lipinski definition) is 1. The van der Waals surface area contributed by atoms with Crippen molar-refractivity contribution >= 4 is 12.4 Å². The van der Waals surface area contributed by atoms with Gasteiger partial charge in [-0.05, 0) is 29.9 Å². The lowest BCUT2D eigenvalue weighted by atomic mass is 9.98. The Morgan fingerprint density at radius 1 is 1.32 bits per heavy atom. The molecule has 1 fully saturated rings. The van der Waals surface area contributed by atoms with Gasteiger partial charge >= 0.3 is 5.97 Å². The third-order valence-electron chi connectivity index (χ3n) is 3.83. The van der Waals surface area contributed by atoms with Gasteiger partial charge in [0.05, 0.1) is 6.04 Å². The Bertz CT molecular complexity index is 467. The summed E-state index contributed by atoms with van der Waals surface area (Å²) in [6, 6.07) is 7.31. The fourth-order valence-corrected chi connectivity index (χ4v) is 2.67. The topological polar surface area (TPSA) is 57.6 Å². The fraction of sp³-hybridized carbons (Fsp3) is 0.467. The first kappa shape index (κ1) is 13.6. The largest absolute Gasteiger partial charge is 0.480 e. The molecule has 2 atom stereocenters. The second-order valence-corrected chi connectivity index (χ2v) is 5.32. The van der Waals surface area contributed by atoms with Gasteiger partial charge in [-0.3, -0.25) is 4.79 Å². The van der Waals surface area contributed by atoms with Crippen molar-refractivity contribution < 1.29 is 14.7 Å². The van der Waals surface area contributed by atoms with Gasteiger partial charge in [-0.25, -0.2) is 4.79 Å². The quantitative estimate of drug-likeness (QED) is 0.847. The molecule has 0 spiro atoms. The van der Waals surface area contributed by atoms with E-state index in [9.17, 15) is 9.59 Å². The van der Waals surface area contributed by atoms with Crippen molar-refractivity contribution in [1.82, 2.24) is 4.90 Å². The van der Waals surface area contributed by atoms with E-state index in [1.807, 2.05) is 12.1 Å². The summed E-state index contributed by atoms with van der Waals surface area (Å²) in [4.78, 5) is 23.7. The van der Waals surface area contributed by atoms with Crippen molar-refractivity contribution in [2.24, 2.45) is 0 Å². The van der Waals surface area contributed by atoms with Crippen molar-refractivity contribution in [3.8, 4) is 0 Å². The number of carboxylic acid groups (broad SMARTS) is 1. The predicted molar refractivity (Wildman–Crippen MR) is 71.8 cm³/mol. The summed E-state index contributed by atoms with van der Waals surface area (Å²) in [6.07, 6.45) is 1.88. The first-order valence-corrected chi connectivity index (χ1v) is 6.60. The van der Waals surface area contributed by atoms with Gasteiger partial charge in [0.25, 0.3) is 0 Å². The van der Waals surface area contributed by atoms with E-state index >= 15 is 0 Å². The van der Waals surface area contributed by atoms with Gasteiger partial charge in [-0.15, -0.1) is 0 Å². The number of nitrogens with zero attached hydrogens (tertiary/aromatic N) is 1. The van der Waals surface area contributed by atoms with E-state index in [0.717, 1.165) is 5.56 Å². The third kappa shape index (κ3) is 2.62. The highest BCUT2D eigenvalue weighted by Crippen LogP contribution is 2.35. The average molecular weight is 261 g/mol. The number of likely N-dealkylation sites (tertiary alicyclic amines) is 1. The minimum Gasteiger partial charge on any atom is -0.480 e. The van der Waals surface area contributed by atoms with Crippen molar-refractivity contribution in [2.75, 3.05) is 0 Å². The van der Waals surface area contributed by atoms with Crippen LogP contribution in [0.2, 0.25) is 0 Å². The molecule has 0 unspecified atom stereocenters. The van der Waals surface area contributed by atoms with E-state index in [1.54, 1.807) is 0 Å². The number of aliphatic carboxylic acids is 1. The summed E-state index contributed by atoms with van der Waals surface area (Å²) >= 11 is 0. The Morgan fingerprint density at radius 3 is 2.42 bits per heavy atom. The van der Waals surface area contributed by atoms with E-state index in [0.29, 0.717) is 25.2 Å². The number of carbonyl (C=O) groups is 2. The molecule has 19 heavy (non-hydrogen) atoms. The van der Waals surface area contributed by atoms with Crippen molar-refractivity contribution in [1.29, 1.82) is 0 Å². The molecule has 0 saturated carbocycles. The molecule has 1 aliphatic rings. The lowest BCUT2D eigenvalue weighted by Crippen LogP contribution is -2.36. The Labute approximate surface area is 113 Å². The lowest BCUT2D eigenvalue weighted by Gasteiger charge is -2.24. The van der Waals surface area contributed by atoms with Crippen LogP contribution in [0.1, 0.15) is 49.8 Å². The van der Waals surface area contributed by atoms with Gasteiger partial charge in [-0.1, -0.05) is 38.1 Å². The number of carboxylic acids is 1. The molecule has 1 amide bonds. The first-order chi connectivity index (χ1) is 9.04. The van der Waals surface area contributed by atoms with Crippen molar-refractivity contribution in [3.05, 3.63) is 35.4 Å². The van der Waals surface area contributed by atoms with Crippen LogP contribution in [0.15, 0.2) is 24.3 Å². The van der Waals surface area contributed by atoms with E-state index in [2.05, 4.69) is 26.0 Å². The summed E-state index contributed by atoms with van der Waals surface area (Å²) in [5, 5.41) is 9.10. The minimum absolute atomic E-state index is 0.111. The summed E-state index contributed by atoms with van der Waals surface area (Å²) in [7, 11) is 0. The van der Waals surface area contributed by atoms with Crippen LogP contribution in [-0.2, 0) is 9.59 Å². The van der Waals surface area contributed by atoms with Crippen LogP contribution in [0.4, 0.5) is 0 Å². The molecule has 4 heteroatoms. The number of amides is 1. The SMILES string of the molecule is CC(C)c1ccc([C@H]2CC[C@@H](C(=O)O)N2C=O)cc1. The highest BCUT2D eigenvalue weighted by atomic mass is 16.4. The van der Waals surface area contributed by atoms with Gasteiger partial charge in [0, 0.05) is 0 Å². The second-order valence-electron chi connectivity index (χ2n) is 5.32. The molecule has 1 aromatic rings. The van der Waals surface area contributed by atoms with Gasteiger partial charge in [0.1, 0.15) is 6.04 Å². The number of benzene rings is 1. The smallest absolute Gasteiger partial charge is 0.326 e. The zero-order valence-corrected chi connectivity index (χ0v) is 11.2. The molecule has 1 aromatic carbocycles. The molecule has 0 radical (unpaired) electrons. The molecule has 0 aliphatic carbocycles. The van der Waals surface area contributed by atoms with Crippen LogP contribution in [0.5, 0.6) is 0 Å². The van der Waals surface area contributed by atoms with Crippen LogP contribution in [0.3, 0.4) is 0 Å². The molecule has 4 nitrogen and oxygen atoms in total. The summed E-state index contributed by atoms with van der Waals surface area (Å²) < 4.78 is 0. The Kier molecular flexibility index (Phi) is 3.88. The van der Waals surface area contributed by atoms with Crippen LogP contribution < -0.4 is 0 Å². The van der Waals surface area contributed by atoms with Crippen molar-refractivity contribution in [2.45, 2.75) is 44.7 Å². The summed E-state index contributed by atoms with van der Waals surface area (Å²) in [6.45, 7) is 4.26. The summed E-state index contributed by atoms with van der Waals surface area (Å²) in [5.74, 6) is -0.458. The van der Waals surface area contributed by atoms with Gasteiger partial charge in [0.15, 0.2) is 0 Å². The molecule has 1 saturated heterocycles. The monoisotopic (exact) mass is 261 g/mol. The fourth-order valence-electron chi connectivity index (χ4n) is 2.67. The van der Waals surface area contributed by atoms with Gasteiger partial charge < -0.3 is 10.0 Å².